The van der Waals surface area contributed by atoms with Gasteiger partial charge in [0.15, 0.2) is 0 Å². The first-order chi connectivity index (χ1) is 5.95. The Labute approximate surface area is 75.0 Å². The summed E-state index contributed by atoms with van der Waals surface area (Å²) in [6.45, 7) is 0. The average molecular weight is 176 g/mol. The standard InChI is InChI=1S/C9H8N2S/c1-2-4-8(5-3-1)12-9-6-10-7-11-9/h1-7H,(H,10,11). The van der Waals surface area contributed by atoms with E-state index in [0.717, 1.165) is 5.03 Å². The van der Waals surface area contributed by atoms with Gasteiger partial charge in [-0.15, -0.1) is 0 Å². The Balaban J connectivity index is 2.15. The maximum Gasteiger partial charge on any atom is 0.119 e. The van der Waals surface area contributed by atoms with Crippen LogP contribution >= 0.6 is 11.8 Å². The Morgan fingerprint density at radius 3 is 2.67 bits per heavy atom. The second-order valence-corrected chi connectivity index (χ2v) is 3.42. The molecule has 0 unspecified atom stereocenters. The minimum absolute atomic E-state index is 1.00. The van der Waals surface area contributed by atoms with E-state index in [1.807, 2.05) is 24.4 Å². The van der Waals surface area contributed by atoms with Gasteiger partial charge in [0, 0.05) is 11.1 Å². The number of benzene rings is 1. The zero-order valence-corrected chi connectivity index (χ0v) is 7.21. The summed E-state index contributed by atoms with van der Waals surface area (Å²) in [7, 11) is 0. The van der Waals surface area contributed by atoms with Crippen molar-refractivity contribution in [2.75, 3.05) is 0 Å². The second-order valence-electron chi connectivity index (χ2n) is 2.32. The van der Waals surface area contributed by atoms with Crippen LogP contribution in [0.2, 0.25) is 0 Å². The third kappa shape index (κ3) is 1.68. The van der Waals surface area contributed by atoms with Crippen LogP contribution in [0.4, 0.5) is 0 Å². The van der Waals surface area contributed by atoms with Gasteiger partial charge in [-0.2, -0.15) is 0 Å². The van der Waals surface area contributed by atoms with Crippen LogP contribution in [0.3, 0.4) is 0 Å². The van der Waals surface area contributed by atoms with Crippen molar-refractivity contribution in [2.45, 2.75) is 9.92 Å². The molecule has 0 spiro atoms. The summed E-state index contributed by atoms with van der Waals surface area (Å²) in [5.41, 5.74) is 0. The highest BCUT2D eigenvalue weighted by Gasteiger charge is 1.95. The molecule has 60 valence electrons. The van der Waals surface area contributed by atoms with E-state index in [-0.39, 0.29) is 0 Å². The highest BCUT2D eigenvalue weighted by Crippen LogP contribution is 2.24. The van der Waals surface area contributed by atoms with E-state index in [1.54, 1.807) is 18.1 Å². The third-order valence-corrected chi connectivity index (χ3v) is 2.38. The van der Waals surface area contributed by atoms with Gasteiger partial charge in [0.1, 0.15) is 5.03 Å². The van der Waals surface area contributed by atoms with Crippen molar-refractivity contribution in [3.63, 3.8) is 0 Å². The summed E-state index contributed by atoms with van der Waals surface area (Å²) in [6, 6.07) is 10.2. The Bertz CT molecular complexity index is 329. The fourth-order valence-corrected chi connectivity index (χ4v) is 1.68. The molecule has 3 heteroatoms. The van der Waals surface area contributed by atoms with Crippen LogP contribution in [0.25, 0.3) is 0 Å². The molecule has 0 bridgehead atoms. The zero-order chi connectivity index (χ0) is 8.23. The molecule has 0 saturated heterocycles. The van der Waals surface area contributed by atoms with Gasteiger partial charge in [0.05, 0.1) is 6.33 Å². The Kier molecular flexibility index (Phi) is 2.14. The molecule has 1 heterocycles. The molecule has 0 saturated carbocycles. The molecule has 0 atom stereocenters. The zero-order valence-electron chi connectivity index (χ0n) is 6.40. The van der Waals surface area contributed by atoms with Crippen LogP contribution in [-0.2, 0) is 0 Å². The molecule has 1 aromatic carbocycles. The maximum absolute atomic E-state index is 4.12. The summed E-state index contributed by atoms with van der Waals surface area (Å²) in [4.78, 5) is 8.25. The molecule has 1 N–H and O–H groups in total. The Morgan fingerprint density at radius 2 is 2.00 bits per heavy atom. The minimum atomic E-state index is 1.00. The van der Waals surface area contributed by atoms with Gasteiger partial charge >= 0.3 is 0 Å². The smallest absolute Gasteiger partial charge is 0.119 e. The number of H-pyrrole nitrogens is 1. The highest BCUT2D eigenvalue weighted by molar-refractivity contribution is 7.99. The summed E-state index contributed by atoms with van der Waals surface area (Å²) in [5, 5.41) is 1.00. The van der Waals surface area contributed by atoms with Crippen LogP contribution in [-0.4, -0.2) is 9.97 Å². The quantitative estimate of drug-likeness (QED) is 0.761. The summed E-state index contributed by atoms with van der Waals surface area (Å²) in [5.74, 6) is 0. The molecule has 1 aromatic heterocycles. The number of hydrogen-bond donors (Lipinski definition) is 1. The molecular formula is C9H8N2S. The molecule has 12 heavy (non-hydrogen) atoms. The molecular weight excluding hydrogens is 168 g/mol. The Hall–Kier alpha value is -1.22. The van der Waals surface area contributed by atoms with Gasteiger partial charge in [-0.3, -0.25) is 0 Å². The number of rotatable bonds is 2. The number of nitrogens with one attached hydrogen (secondary N) is 1. The topological polar surface area (TPSA) is 28.7 Å². The molecule has 0 aliphatic carbocycles. The number of imidazole rings is 1. The number of hydrogen-bond acceptors (Lipinski definition) is 2. The monoisotopic (exact) mass is 176 g/mol. The summed E-state index contributed by atoms with van der Waals surface area (Å²) < 4.78 is 0. The first-order valence-corrected chi connectivity index (χ1v) is 4.48. The van der Waals surface area contributed by atoms with E-state index in [4.69, 9.17) is 0 Å². The van der Waals surface area contributed by atoms with Crippen LogP contribution in [0.15, 0.2) is 52.8 Å². The molecule has 0 radical (unpaired) electrons. The van der Waals surface area contributed by atoms with E-state index in [0.29, 0.717) is 0 Å². The van der Waals surface area contributed by atoms with E-state index in [9.17, 15) is 0 Å². The van der Waals surface area contributed by atoms with Gasteiger partial charge in [-0.25, -0.2) is 4.98 Å². The fraction of sp³-hybridized carbons (Fsp3) is 0. The van der Waals surface area contributed by atoms with Crippen LogP contribution in [0.1, 0.15) is 0 Å². The van der Waals surface area contributed by atoms with Crippen molar-refractivity contribution >= 4 is 11.8 Å². The predicted molar refractivity (Wildman–Crippen MR) is 49.2 cm³/mol. The first kappa shape index (κ1) is 7.43. The van der Waals surface area contributed by atoms with E-state index in [1.165, 1.54) is 4.90 Å². The van der Waals surface area contributed by atoms with Crippen LogP contribution in [0.5, 0.6) is 0 Å². The van der Waals surface area contributed by atoms with Crippen LogP contribution in [0, 0.1) is 0 Å². The number of nitrogens with zero attached hydrogens (tertiary/aromatic N) is 1. The van der Waals surface area contributed by atoms with Crippen molar-refractivity contribution in [3.8, 4) is 0 Å². The molecule has 2 aromatic rings. The average Bonchev–Trinajstić information content (AvgIpc) is 2.59. The lowest BCUT2D eigenvalue weighted by molar-refractivity contribution is 1.20. The molecule has 0 aliphatic rings. The van der Waals surface area contributed by atoms with Gasteiger partial charge in [0.2, 0.25) is 0 Å². The van der Waals surface area contributed by atoms with E-state index < -0.39 is 0 Å². The van der Waals surface area contributed by atoms with Gasteiger partial charge in [-0.1, -0.05) is 30.0 Å². The molecule has 0 aliphatic heterocycles. The Morgan fingerprint density at radius 1 is 1.17 bits per heavy atom. The highest BCUT2D eigenvalue weighted by atomic mass is 32.2. The number of aromatic amines is 1. The van der Waals surface area contributed by atoms with Crippen LogP contribution < -0.4 is 0 Å². The van der Waals surface area contributed by atoms with Crippen molar-refractivity contribution in [1.82, 2.24) is 9.97 Å². The largest absolute Gasteiger partial charge is 0.350 e. The summed E-state index contributed by atoms with van der Waals surface area (Å²) in [6.07, 6.45) is 3.57. The third-order valence-electron chi connectivity index (χ3n) is 1.44. The predicted octanol–water partition coefficient (Wildman–Crippen LogP) is 2.56. The second kappa shape index (κ2) is 3.45. The fourth-order valence-electron chi connectivity index (χ4n) is 0.912. The molecule has 2 rings (SSSR count). The lowest BCUT2D eigenvalue weighted by Crippen LogP contribution is -1.70. The van der Waals surface area contributed by atoms with Gasteiger partial charge in [-0.05, 0) is 12.1 Å². The normalized spacial score (nSPS) is 10.0. The van der Waals surface area contributed by atoms with Crippen molar-refractivity contribution < 1.29 is 0 Å². The van der Waals surface area contributed by atoms with Gasteiger partial charge < -0.3 is 4.98 Å². The molecule has 2 nitrogen and oxygen atoms in total. The lowest BCUT2D eigenvalue weighted by Gasteiger charge is -1.94. The van der Waals surface area contributed by atoms with Crippen molar-refractivity contribution in [3.05, 3.63) is 42.9 Å². The van der Waals surface area contributed by atoms with Crippen molar-refractivity contribution in [2.24, 2.45) is 0 Å². The lowest BCUT2D eigenvalue weighted by atomic mass is 10.4. The minimum Gasteiger partial charge on any atom is -0.350 e. The van der Waals surface area contributed by atoms with Gasteiger partial charge in [0.25, 0.3) is 0 Å². The SMILES string of the molecule is c1ccc(Sc2c[nH]cn2)cc1. The molecule has 0 amide bonds. The maximum atomic E-state index is 4.12. The summed E-state index contributed by atoms with van der Waals surface area (Å²) >= 11 is 1.65. The first-order valence-electron chi connectivity index (χ1n) is 3.67. The number of aromatic nitrogens is 2. The molecule has 0 fully saturated rings. The van der Waals surface area contributed by atoms with Crippen molar-refractivity contribution in [1.29, 1.82) is 0 Å². The van der Waals surface area contributed by atoms with E-state index in [2.05, 4.69) is 22.1 Å². The van der Waals surface area contributed by atoms with E-state index >= 15 is 0 Å².